The molecule has 0 amide bonds. The van der Waals surface area contributed by atoms with Crippen LogP contribution in [0.3, 0.4) is 0 Å². The lowest BCUT2D eigenvalue weighted by atomic mass is 9.92. The Kier molecular flexibility index (Phi) is 12.0. The number of aliphatic imine (C=N–C) groups is 1. The Morgan fingerprint density at radius 1 is 0.963 bits per heavy atom. The van der Waals surface area contributed by atoms with E-state index in [1.165, 1.54) is 51.4 Å². The van der Waals surface area contributed by atoms with Crippen LogP contribution in [0.1, 0.15) is 83.1 Å². The van der Waals surface area contributed by atoms with Crippen molar-refractivity contribution in [2.75, 3.05) is 0 Å². The number of unbranched alkanes of at least 4 members (excludes halogenated alkanes) is 9. The molecule has 0 aliphatic heterocycles. The van der Waals surface area contributed by atoms with Crippen LogP contribution in [-0.4, -0.2) is 17.0 Å². The van der Waals surface area contributed by atoms with E-state index in [0.717, 1.165) is 18.4 Å². The molecule has 0 radical (unpaired) electrons. The maximum atomic E-state index is 11.6. The molecule has 5 heteroatoms. The third kappa shape index (κ3) is 10.6. The van der Waals surface area contributed by atoms with Gasteiger partial charge in [-0.1, -0.05) is 89.3 Å². The number of benzene rings is 1. The molecule has 5 N–H and O–H groups in total. The van der Waals surface area contributed by atoms with Gasteiger partial charge >= 0.3 is 5.97 Å². The van der Waals surface area contributed by atoms with Crippen molar-refractivity contribution < 1.29 is 9.90 Å². The lowest BCUT2D eigenvalue weighted by Gasteiger charge is -2.14. The Bertz CT molecular complexity index is 568. The van der Waals surface area contributed by atoms with Crippen molar-refractivity contribution in [3.8, 4) is 0 Å². The monoisotopic (exact) mass is 375 g/mol. The number of hydrogen-bond donors (Lipinski definition) is 3. The molecule has 1 aromatic rings. The third-order valence-corrected chi connectivity index (χ3v) is 4.96. The quantitative estimate of drug-likeness (QED) is 0.224. The van der Waals surface area contributed by atoms with E-state index in [9.17, 15) is 9.90 Å². The van der Waals surface area contributed by atoms with E-state index in [2.05, 4.69) is 11.9 Å². The highest BCUT2D eigenvalue weighted by molar-refractivity contribution is 5.79. The Morgan fingerprint density at radius 3 is 2.07 bits per heavy atom. The molecule has 1 rings (SSSR count). The minimum absolute atomic E-state index is 0.0102. The van der Waals surface area contributed by atoms with Gasteiger partial charge in [-0.3, -0.25) is 4.79 Å². The molecule has 27 heavy (non-hydrogen) atoms. The highest BCUT2D eigenvalue weighted by Gasteiger charge is 2.19. The van der Waals surface area contributed by atoms with Crippen LogP contribution in [0, 0.1) is 5.92 Å². The Hall–Kier alpha value is -2.04. The van der Waals surface area contributed by atoms with Crippen molar-refractivity contribution in [2.24, 2.45) is 22.4 Å². The highest BCUT2D eigenvalue weighted by Crippen LogP contribution is 2.24. The first-order chi connectivity index (χ1) is 13.0. The summed E-state index contributed by atoms with van der Waals surface area (Å²) in [7, 11) is 0. The van der Waals surface area contributed by atoms with E-state index in [-0.39, 0.29) is 5.96 Å². The minimum atomic E-state index is -0.745. The lowest BCUT2D eigenvalue weighted by molar-refractivity contribution is -0.142. The van der Waals surface area contributed by atoms with Gasteiger partial charge < -0.3 is 16.6 Å². The number of carboxylic acid groups (broad SMARTS) is 1. The number of hydrogen-bond acceptors (Lipinski definition) is 2. The van der Waals surface area contributed by atoms with Crippen molar-refractivity contribution in [3.63, 3.8) is 0 Å². The van der Waals surface area contributed by atoms with Crippen molar-refractivity contribution in [1.82, 2.24) is 0 Å². The summed E-state index contributed by atoms with van der Waals surface area (Å²) < 4.78 is 0. The summed E-state index contributed by atoms with van der Waals surface area (Å²) in [6.45, 7) is 2.24. The van der Waals surface area contributed by atoms with E-state index >= 15 is 0 Å². The van der Waals surface area contributed by atoms with Crippen molar-refractivity contribution in [2.45, 2.75) is 84.0 Å². The second kappa shape index (κ2) is 14.1. The zero-order chi connectivity index (χ0) is 19.9. The van der Waals surface area contributed by atoms with Gasteiger partial charge in [0.2, 0.25) is 0 Å². The van der Waals surface area contributed by atoms with Crippen LogP contribution >= 0.6 is 0 Å². The molecule has 1 atom stereocenters. The number of aliphatic carboxylic acids is 1. The predicted molar refractivity (Wildman–Crippen MR) is 113 cm³/mol. The second-order valence-electron chi connectivity index (χ2n) is 7.38. The van der Waals surface area contributed by atoms with E-state index < -0.39 is 11.9 Å². The average molecular weight is 376 g/mol. The zero-order valence-corrected chi connectivity index (χ0v) is 16.8. The van der Waals surface area contributed by atoms with Crippen molar-refractivity contribution in [3.05, 3.63) is 29.8 Å². The summed E-state index contributed by atoms with van der Waals surface area (Å²) >= 11 is 0. The molecule has 0 aliphatic carbocycles. The molecule has 0 saturated heterocycles. The maximum Gasteiger partial charge on any atom is 0.306 e. The van der Waals surface area contributed by atoms with Crippen molar-refractivity contribution >= 4 is 17.6 Å². The van der Waals surface area contributed by atoms with Crippen LogP contribution < -0.4 is 11.5 Å². The number of nitrogens with two attached hydrogens (primary N) is 2. The standard InChI is InChI=1S/C22H37N3O2/c1-2-3-4-5-6-7-8-9-10-11-15-19(21(26)27)17-18-14-12-13-16-20(18)25-22(23)24/h12-14,16,19H,2-11,15,17H2,1H3,(H,26,27)(H4,23,24,25). The van der Waals surface area contributed by atoms with Gasteiger partial charge in [-0.25, -0.2) is 4.99 Å². The molecule has 0 aliphatic rings. The van der Waals surface area contributed by atoms with Gasteiger partial charge in [0.15, 0.2) is 5.96 Å². The van der Waals surface area contributed by atoms with E-state index in [0.29, 0.717) is 18.5 Å². The molecule has 0 aromatic heterocycles. The van der Waals surface area contributed by atoms with Crippen LogP contribution in [-0.2, 0) is 11.2 Å². The third-order valence-electron chi connectivity index (χ3n) is 4.96. The first kappa shape index (κ1) is 23.0. The first-order valence-electron chi connectivity index (χ1n) is 10.4. The summed E-state index contributed by atoms with van der Waals surface area (Å²) in [5, 5.41) is 9.57. The molecule has 1 aromatic carbocycles. The van der Waals surface area contributed by atoms with E-state index in [4.69, 9.17) is 11.5 Å². The van der Waals surface area contributed by atoms with Gasteiger partial charge in [0.25, 0.3) is 0 Å². The lowest BCUT2D eigenvalue weighted by Crippen LogP contribution is -2.22. The Morgan fingerprint density at radius 2 is 1.52 bits per heavy atom. The second-order valence-corrected chi connectivity index (χ2v) is 7.38. The van der Waals surface area contributed by atoms with Gasteiger partial charge in [0.05, 0.1) is 11.6 Å². The molecular formula is C22H37N3O2. The van der Waals surface area contributed by atoms with Crippen LogP contribution in [0.25, 0.3) is 0 Å². The van der Waals surface area contributed by atoms with E-state index in [1.54, 1.807) is 0 Å². The Balaban J connectivity index is 2.33. The Labute approximate surface area is 164 Å². The summed E-state index contributed by atoms with van der Waals surface area (Å²) in [5.74, 6) is -1.15. The SMILES string of the molecule is CCCCCCCCCCCCC(Cc1ccccc1N=C(N)N)C(=O)O. The van der Waals surface area contributed by atoms with Gasteiger partial charge in [-0.05, 0) is 24.5 Å². The van der Waals surface area contributed by atoms with Crippen LogP contribution in [0.2, 0.25) is 0 Å². The normalized spacial score (nSPS) is 11.9. The zero-order valence-electron chi connectivity index (χ0n) is 16.8. The number of carbonyl (C=O) groups is 1. The molecule has 0 spiro atoms. The molecule has 0 heterocycles. The largest absolute Gasteiger partial charge is 0.481 e. The number of carboxylic acids is 1. The van der Waals surface area contributed by atoms with Crippen molar-refractivity contribution in [1.29, 1.82) is 0 Å². The van der Waals surface area contributed by atoms with Crippen LogP contribution in [0.4, 0.5) is 5.69 Å². The molecule has 0 bridgehead atoms. The number of para-hydroxylation sites is 1. The average Bonchev–Trinajstić information content (AvgIpc) is 2.63. The molecule has 152 valence electrons. The highest BCUT2D eigenvalue weighted by atomic mass is 16.4. The summed E-state index contributed by atoms with van der Waals surface area (Å²) in [6, 6.07) is 7.45. The predicted octanol–water partition coefficient (Wildman–Crippen LogP) is 5.15. The van der Waals surface area contributed by atoms with E-state index in [1.807, 2.05) is 24.3 Å². The van der Waals surface area contributed by atoms with Crippen LogP contribution in [0.5, 0.6) is 0 Å². The van der Waals surface area contributed by atoms with Gasteiger partial charge in [0, 0.05) is 0 Å². The minimum Gasteiger partial charge on any atom is -0.481 e. The van der Waals surface area contributed by atoms with Gasteiger partial charge in [0.1, 0.15) is 0 Å². The fourth-order valence-electron chi connectivity index (χ4n) is 3.39. The molecular weight excluding hydrogens is 338 g/mol. The smallest absolute Gasteiger partial charge is 0.306 e. The molecule has 0 fully saturated rings. The molecule has 5 nitrogen and oxygen atoms in total. The summed E-state index contributed by atoms with van der Waals surface area (Å²) in [5.41, 5.74) is 12.5. The first-order valence-corrected chi connectivity index (χ1v) is 10.4. The number of guanidine groups is 1. The maximum absolute atomic E-state index is 11.6. The van der Waals surface area contributed by atoms with Crippen LogP contribution in [0.15, 0.2) is 29.3 Å². The number of nitrogens with zero attached hydrogens (tertiary/aromatic N) is 1. The van der Waals surface area contributed by atoms with Gasteiger partial charge in [-0.15, -0.1) is 0 Å². The summed E-state index contributed by atoms with van der Waals surface area (Å²) in [6.07, 6.45) is 13.7. The number of rotatable bonds is 15. The fraction of sp³-hybridized carbons (Fsp3) is 0.636. The molecule has 1 unspecified atom stereocenters. The molecule has 0 saturated carbocycles. The fourth-order valence-corrected chi connectivity index (χ4v) is 3.39. The van der Waals surface area contributed by atoms with Gasteiger partial charge in [-0.2, -0.15) is 0 Å². The summed E-state index contributed by atoms with van der Waals surface area (Å²) in [4.78, 5) is 15.8. The topological polar surface area (TPSA) is 102 Å².